The van der Waals surface area contributed by atoms with Crippen molar-refractivity contribution in [3.8, 4) is 0 Å². The van der Waals surface area contributed by atoms with E-state index in [0.717, 1.165) is 12.8 Å². The largest absolute Gasteiger partial charge is 0.360 e. The number of hydrogen-bond donors (Lipinski definition) is 1. The minimum atomic E-state index is -4.06. The Hall–Kier alpha value is -0.130. The van der Waals surface area contributed by atoms with Gasteiger partial charge in [-0.05, 0) is 12.8 Å². The van der Waals surface area contributed by atoms with E-state index in [-0.39, 0.29) is 0 Å². The second-order valence-electron chi connectivity index (χ2n) is 5.08. The predicted molar refractivity (Wildman–Crippen MR) is 78.8 cm³/mol. The maximum absolute atomic E-state index is 11.0. The van der Waals surface area contributed by atoms with E-state index in [1.165, 1.54) is 38.5 Å². The molecule has 0 fully saturated rings. The first-order valence-electron chi connectivity index (χ1n) is 7.60. The number of unbranched alkanes of at least 4 members (excludes halogenated alkanes) is 7. The molecule has 5 heteroatoms. The second kappa shape index (κ2) is 11.7. The van der Waals surface area contributed by atoms with Crippen LogP contribution in [0.3, 0.4) is 0 Å². The third-order valence-corrected chi connectivity index (χ3v) is 4.19. The van der Waals surface area contributed by atoms with Crippen molar-refractivity contribution in [2.24, 2.45) is 0 Å². The fraction of sp³-hybridized carbons (Fsp3) is 1.00. The van der Waals surface area contributed by atoms with E-state index in [4.69, 9.17) is 9.29 Å². The highest BCUT2D eigenvalue weighted by atomic mass is 32.2. The van der Waals surface area contributed by atoms with Gasteiger partial charge in [0.05, 0.1) is 0 Å². The Morgan fingerprint density at radius 3 is 1.89 bits per heavy atom. The summed E-state index contributed by atoms with van der Waals surface area (Å²) in [5.41, 5.74) is -1.04. The fourth-order valence-corrected chi connectivity index (χ4v) is 2.81. The van der Waals surface area contributed by atoms with Crippen molar-refractivity contribution in [2.45, 2.75) is 83.5 Å². The number of rotatable bonds is 13. The first-order chi connectivity index (χ1) is 9.02. The molecule has 0 aromatic rings. The standard InChI is InChI=1S/C14H30O4S/c1-3-5-6-7-8-9-10-11-13-18-14(12-4-2)19(15,16)17/h14H,3-13H2,1-2H3,(H,15,16,17). The molecule has 116 valence electrons. The highest BCUT2D eigenvalue weighted by Crippen LogP contribution is 2.12. The molecular formula is C14H30O4S. The SMILES string of the molecule is CCCCCCCCCCOC(CCC)S(=O)(=O)O. The van der Waals surface area contributed by atoms with Crippen molar-refractivity contribution in [3.63, 3.8) is 0 Å². The van der Waals surface area contributed by atoms with Crippen LogP contribution in [0.1, 0.15) is 78.1 Å². The van der Waals surface area contributed by atoms with E-state index in [1.54, 1.807) is 0 Å². The van der Waals surface area contributed by atoms with E-state index < -0.39 is 15.6 Å². The lowest BCUT2D eigenvalue weighted by molar-refractivity contribution is 0.0894. The molecule has 0 saturated heterocycles. The van der Waals surface area contributed by atoms with Crippen LogP contribution in [0.25, 0.3) is 0 Å². The molecule has 1 unspecified atom stereocenters. The zero-order valence-corrected chi connectivity index (χ0v) is 13.3. The lowest BCUT2D eigenvalue weighted by Gasteiger charge is -2.13. The Balaban J connectivity index is 3.51. The highest BCUT2D eigenvalue weighted by molar-refractivity contribution is 7.86. The molecule has 4 nitrogen and oxygen atoms in total. The van der Waals surface area contributed by atoms with Gasteiger partial charge in [0, 0.05) is 6.61 Å². The van der Waals surface area contributed by atoms with E-state index in [2.05, 4.69) is 6.92 Å². The van der Waals surface area contributed by atoms with Crippen LogP contribution in [0.5, 0.6) is 0 Å². The Bertz CT molecular complexity index is 288. The molecule has 0 aliphatic rings. The molecule has 0 aromatic carbocycles. The normalized spacial score (nSPS) is 13.6. The molecule has 0 rings (SSSR count). The van der Waals surface area contributed by atoms with E-state index in [0.29, 0.717) is 19.4 Å². The van der Waals surface area contributed by atoms with Crippen molar-refractivity contribution in [3.05, 3.63) is 0 Å². The molecule has 0 saturated carbocycles. The predicted octanol–water partition coefficient (Wildman–Crippen LogP) is 4.16. The van der Waals surface area contributed by atoms with Gasteiger partial charge < -0.3 is 4.74 Å². The third-order valence-electron chi connectivity index (χ3n) is 3.16. The quantitative estimate of drug-likeness (QED) is 0.409. The summed E-state index contributed by atoms with van der Waals surface area (Å²) in [5.74, 6) is 0. The molecule has 19 heavy (non-hydrogen) atoms. The van der Waals surface area contributed by atoms with Crippen LogP contribution in [0, 0.1) is 0 Å². The zero-order chi connectivity index (χ0) is 14.6. The maximum atomic E-state index is 11.0. The van der Waals surface area contributed by atoms with Crippen molar-refractivity contribution in [1.82, 2.24) is 0 Å². The van der Waals surface area contributed by atoms with E-state index in [9.17, 15) is 8.42 Å². The molecule has 0 heterocycles. The molecule has 0 amide bonds. The van der Waals surface area contributed by atoms with Gasteiger partial charge in [-0.2, -0.15) is 8.42 Å². The average Bonchev–Trinajstić information content (AvgIpc) is 2.34. The first-order valence-corrected chi connectivity index (χ1v) is 9.10. The molecule has 0 aliphatic heterocycles. The molecule has 0 aliphatic carbocycles. The van der Waals surface area contributed by atoms with Crippen molar-refractivity contribution >= 4 is 10.1 Å². The van der Waals surface area contributed by atoms with Gasteiger partial charge in [-0.15, -0.1) is 0 Å². The van der Waals surface area contributed by atoms with Crippen LogP contribution in [0.15, 0.2) is 0 Å². The third kappa shape index (κ3) is 11.4. The minimum absolute atomic E-state index is 0.357. The van der Waals surface area contributed by atoms with Crippen LogP contribution < -0.4 is 0 Å². The Morgan fingerprint density at radius 1 is 0.895 bits per heavy atom. The van der Waals surface area contributed by atoms with E-state index in [1.807, 2.05) is 6.92 Å². The molecular weight excluding hydrogens is 264 g/mol. The van der Waals surface area contributed by atoms with Crippen LogP contribution in [-0.2, 0) is 14.9 Å². The van der Waals surface area contributed by atoms with Gasteiger partial charge in [-0.1, -0.05) is 65.2 Å². The van der Waals surface area contributed by atoms with Gasteiger partial charge in [0.15, 0.2) is 5.44 Å². The summed E-state index contributed by atoms with van der Waals surface area (Å²) in [4.78, 5) is 0. The van der Waals surface area contributed by atoms with Crippen LogP contribution in [-0.4, -0.2) is 25.0 Å². The first kappa shape index (κ1) is 18.9. The van der Waals surface area contributed by atoms with Gasteiger partial charge in [0.1, 0.15) is 0 Å². The Kier molecular flexibility index (Phi) is 11.6. The minimum Gasteiger partial charge on any atom is -0.360 e. The summed E-state index contributed by atoms with van der Waals surface area (Å²) in [6.45, 7) is 4.50. The highest BCUT2D eigenvalue weighted by Gasteiger charge is 2.22. The molecule has 1 N–H and O–H groups in total. The fourth-order valence-electron chi connectivity index (χ4n) is 2.00. The monoisotopic (exact) mass is 294 g/mol. The summed E-state index contributed by atoms with van der Waals surface area (Å²) < 4.78 is 36.3. The van der Waals surface area contributed by atoms with Gasteiger partial charge in [0.25, 0.3) is 10.1 Å². The van der Waals surface area contributed by atoms with Crippen LogP contribution >= 0.6 is 0 Å². The topological polar surface area (TPSA) is 63.6 Å². The van der Waals surface area contributed by atoms with Gasteiger partial charge in [-0.3, -0.25) is 4.55 Å². The summed E-state index contributed by atoms with van der Waals surface area (Å²) in [5, 5.41) is 0. The number of hydrogen-bond acceptors (Lipinski definition) is 3. The van der Waals surface area contributed by atoms with E-state index >= 15 is 0 Å². The van der Waals surface area contributed by atoms with Gasteiger partial charge >= 0.3 is 0 Å². The average molecular weight is 294 g/mol. The molecule has 1 atom stereocenters. The Morgan fingerprint density at radius 2 is 1.42 bits per heavy atom. The zero-order valence-electron chi connectivity index (χ0n) is 12.4. The summed E-state index contributed by atoms with van der Waals surface area (Å²) in [6.07, 6.45) is 10.6. The summed E-state index contributed by atoms with van der Waals surface area (Å²) in [7, 11) is -4.06. The molecule has 0 bridgehead atoms. The lowest BCUT2D eigenvalue weighted by atomic mass is 10.1. The molecule has 0 spiro atoms. The maximum Gasteiger partial charge on any atom is 0.292 e. The Labute approximate surface area is 118 Å². The summed E-state index contributed by atoms with van der Waals surface area (Å²) in [6, 6.07) is 0. The van der Waals surface area contributed by atoms with Gasteiger partial charge in [-0.25, -0.2) is 0 Å². The molecule has 0 aromatic heterocycles. The van der Waals surface area contributed by atoms with Crippen molar-refractivity contribution < 1.29 is 17.7 Å². The smallest absolute Gasteiger partial charge is 0.292 e. The van der Waals surface area contributed by atoms with Crippen LogP contribution in [0.2, 0.25) is 0 Å². The van der Waals surface area contributed by atoms with Crippen LogP contribution in [0.4, 0.5) is 0 Å². The lowest BCUT2D eigenvalue weighted by Crippen LogP contribution is -2.24. The molecule has 0 radical (unpaired) electrons. The second-order valence-corrected chi connectivity index (χ2v) is 6.63. The number of ether oxygens (including phenoxy) is 1. The van der Waals surface area contributed by atoms with Crippen molar-refractivity contribution in [1.29, 1.82) is 0 Å². The summed E-state index contributed by atoms with van der Waals surface area (Å²) >= 11 is 0. The van der Waals surface area contributed by atoms with Gasteiger partial charge in [0.2, 0.25) is 0 Å². The van der Waals surface area contributed by atoms with Crippen molar-refractivity contribution in [2.75, 3.05) is 6.61 Å².